The zero-order chi connectivity index (χ0) is 17.7. The number of H-pyrrole nitrogens is 1. The predicted molar refractivity (Wildman–Crippen MR) is 90.0 cm³/mol. The van der Waals surface area contributed by atoms with Crippen molar-refractivity contribution >= 4 is 5.91 Å². The Kier molecular flexibility index (Phi) is 5.89. The fraction of sp³-hybridized carbons (Fsp3) is 0.529. The monoisotopic (exact) mass is 332 g/mol. The number of nitrogens with zero attached hydrogens (tertiary/aromatic N) is 2. The minimum Gasteiger partial charge on any atom is -0.361 e. The lowest BCUT2D eigenvalue weighted by molar-refractivity contribution is 0.0947. The highest BCUT2D eigenvalue weighted by Gasteiger charge is 2.12. The molecule has 0 aromatic carbocycles. The van der Waals surface area contributed by atoms with Crippen LogP contribution < -0.4 is 11.0 Å². The molecule has 0 saturated carbocycles. The van der Waals surface area contributed by atoms with Crippen molar-refractivity contribution in [3.8, 4) is 0 Å². The van der Waals surface area contributed by atoms with Gasteiger partial charge in [0.25, 0.3) is 5.91 Å². The standard InChI is InChI=1S/C17H24N4O3/c1-10(2)8-13-9-15(20-17(23)19-13)16(22)18-7-5-6-14-11(3)21-24-12(14)4/h9-10H,5-8H2,1-4H3,(H,18,22)(H,19,20,23). The summed E-state index contributed by atoms with van der Waals surface area (Å²) in [5, 5.41) is 6.71. The van der Waals surface area contributed by atoms with Crippen molar-refractivity contribution < 1.29 is 9.32 Å². The van der Waals surface area contributed by atoms with Crippen LogP contribution in [0.1, 0.15) is 53.5 Å². The first kappa shape index (κ1) is 17.9. The molecule has 24 heavy (non-hydrogen) atoms. The fourth-order valence-corrected chi connectivity index (χ4v) is 2.59. The van der Waals surface area contributed by atoms with Crippen LogP contribution in [0.3, 0.4) is 0 Å². The summed E-state index contributed by atoms with van der Waals surface area (Å²) in [6.07, 6.45) is 2.24. The van der Waals surface area contributed by atoms with Gasteiger partial charge in [0.1, 0.15) is 11.5 Å². The van der Waals surface area contributed by atoms with Crippen LogP contribution in [0.2, 0.25) is 0 Å². The maximum atomic E-state index is 12.2. The van der Waals surface area contributed by atoms with Crippen molar-refractivity contribution in [2.75, 3.05) is 6.54 Å². The number of hydrogen-bond acceptors (Lipinski definition) is 5. The van der Waals surface area contributed by atoms with E-state index in [2.05, 4.69) is 20.4 Å². The molecule has 7 nitrogen and oxygen atoms in total. The first-order chi connectivity index (χ1) is 11.4. The normalized spacial score (nSPS) is 11.0. The molecule has 2 rings (SSSR count). The third-order valence-electron chi connectivity index (χ3n) is 3.73. The zero-order valence-electron chi connectivity index (χ0n) is 14.6. The molecular weight excluding hydrogens is 308 g/mol. The van der Waals surface area contributed by atoms with E-state index in [1.165, 1.54) is 0 Å². The third-order valence-corrected chi connectivity index (χ3v) is 3.73. The average molecular weight is 332 g/mol. The van der Waals surface area contributed by atoms with Gasteiger partial charge in [0.2, 0.25) is 0 Å². The van der Waals surface area contributed by atoms with Gasteiger partial charge in [-0.2, -0.15) is 4.98 Å². The maximum Gasteiger partial charge on any atom is 0.345 e. The number of aryl methyl sites for hydroxylation is 2. The van der Waals surface area contributed by atoms with E-state index in [9.17, 15) is 9.59 Å². The molecule has 0 spiro atoms. The van der Waals surface area contributed by atoms with Crippen molar-refractivity contribution in [3.05, 3.63) is 45.0 Å². The van der Waals surface area contributed by atoms with Gasteiger partial charge < -0.3 is 14.8 Å². The van der Waals surface area contributed by atoms with E-state index in [0.29, 0.717) is 18.9 Å². The molecule has 2 aromatic heterocycles. The number of aromatic amines is 1. The van der Waals surface area contributed by atoms with Gasteiger partial charge in [0, 0.05) is 17.8 Å². The van der Waals surface area contributed by atoms with Crippen LogP contribution in [-0.2, 0) is 12.8 Å². The van der Waals surface area contributed by atoms with E-state index >= 15 is 0 Å². The van der Waals surface area contributed by atoms with Crippen molar-refractivity contribution in [1.29, 1.82) is 0 Å². The van der Waals surface area contributed by atoms with Crippen LogP contribution >= 0.6 is 0 Å². The Balaban J connectivity index is 1.90. The van der Waals surface area contributed by atoms with E-state index in [0.717, 1.165) is 35.6 Å². The molecule has 0 radical (unpaired) electrons. The topological polar surface area (TPSA) is 101 Å². The largest absolute Gasteiger partial charge is 0.361 e. The molecule has 0 aliphatic carbocycles. The Bertz CT molecular complexity index is 742. The first-order valence-electron chi connectivity index (χ1n) is 8.17. The van der Waals surface area contributed by atoms with Crippen LogP contribution in [0, 0.1) is 19.8 Å². The number of rotatable bonds is 7. The Morgan fingerprint density at radius 2 is 2.12 bits per heavy atom. The van der Waals surface area contributed by atoms with E-state index in [1.54, 1.807) is 6.07 Å². The highest BCUT2D eigenvalue weighted by Crippen LogP contribution is 2.13. The molecule has 0 aliphatic rings. The number of amides is 1. The number of carbonyl (C=O) groups excluding carboxylic acids is 1. The molecule has 7 heteroatoms. The van der Waals surface area contributed by atoms with Gasteiger partial charge in [-0.3, -0.25) is 4.79 Å². The number of nitrogens with one attached hydrogen (secondary N) is 2. The summed E-state index contributed by atoms with van der Waals surface area (Å²) in [6, 6.07) is 1.64. The highest BCUT2D eigenvalue weighted by molar-refractivity contribution is 5.92. The lowest BCUT2D eigenvalue weighted by Crippen LogP contribution is -2.29. The van der Waals surface area contributed by atoms with Crippen molar-refractivity contribution in [1.82, 2.24) is 20.4 Å². The molecule has 2 heterocycles. The van der Waals surface area contributed by atoms with Crippen LogP contribution in [0.15, 0.2) is 15.4 Å². The molecular formula is C17H24N4O3. The SMILES string of the molecule is Cc1noc(C)c1CCCNC(=O)c1cc(CC(C)C)[nH]c(=O)n1. The van der Waals surface area contributed by atoms with E-state index < -0.39 is 5.69 Å². The third kappa shape index (κ3) is 4.78. The molecule has 2 N–H and O–H groups in total. The summed E-state index contributed by atoms with van der Waals surface area (Å²) in [6.45, 7) is 8.38. The molecule has 0 unspecified atom stereocenters. The van der Waals surface area contributed by atoms with E-state index in [-0.39, 0.29) is 11.6 Å². The smallest absolute Gasteiger partial charge is 0.345 e. The summed E-state index contributed by atoms with van der Waals surface area (Å²) in [7, 11) is 0. The molecule has 130 valence electrons. The summed E-state index contributed by atoms with van der Waals surface area (Å²) in [5.41, 5.74) is 2.36. The highest BCUT2D eigenvalue weighted by atomic mass is 16.5. The van der Waals surface area contributed by atoms with Gasteiger partial charge in [-0.1, -0.05) is 19.0 Å². The average Bonchev–Trinajstić information content (AvgIpc) is 2.81. The Hall–Kier alpha value is -2.44. The quantitative estimate of drug-likeness (QED) is 0.755. The van der Waals surface area contributed by atoms with Gasteiger partial charge in [-0.05, 0) is 45.1 Å². The molecule has 1 amide bonds. The Labute approximate surface area is 140 Å². The molecule has 2 aromatic rings. The molecule has 0 atom stereocenters. The minimum atomic E-state index is -0.492. The molecule has 0 fully saturated rings. The van der Waals surface area contributed by atoms with Crippen LogP contribution in [-0.4, -0.2) is 27.6 Å². The lowest BCUT2D eigenvalue weighted by atomic mass is 10.1. The van der Waals surface area contributed by atoms with Crippen molar-refractivity contribution in [3.63, 3.8) is 0 Å². The van der Waals surface area contributed by atoms with Crippen LogP contribution in [0.25, 0.3) is 0 Å². The number of hydrogen-bond donors (Lipinski definition) is 2. The van der Waals surface area contributed by atoms with Gasteiger partial charge in [-0.25, -0.2) is 4.79 Å². The van der Waals surface area contributed by atoms with E-state index in [1.807, 2.05) is 27.7 Å². The Morgan fingerprint density at radius 1 is 1.38 bits per heavy atom. The number of carbonyl (C=O) groups is 1. The number of aromatic nitrogens is 3. The second kappa shape index (κ2) is 7.90. The summed E-state index contributed by atoms with van der Waals surface area (Å²) >= 11 is 0. The van der Waals surface area contributed by atoms with Gasteiger partial charge in [0.05, 0.1) is 5.69 Å². The van der Waals surface area contributed by atoms with Gasteiger partial charge in [0.15, 0.2) is 0 Å². The summed E-state index contributed by atoms with van der Waals surface area (Å²) in [5.74, 6) is 0.868. The second-order valence-electron chi connectivity index (χ2n) is 6.36. The van der Waals surface area contributed by atoms with E-state index in [4.69, 9.17) is 4.52 Å². The van der Waals surface area contributed by atoms with Crippen molar-refractivity contribution in [2.45, 2.75) is 47.0 Å². The van der Waals surface area contributed by atoms with Gasteiger partial charge >= 0.3 is 5.69 Å². The summed E-state index contributed by atoms with van der Waals surface area (Å²) < 4.78 is 5.12. The Morgan fingerprint density at radius 3 is 2.75 bits per heavy atom. The predicted octanol–water partition coefficient (Wildman–Crippen LogP) is 1.94. The van der Waals surface area contributed by atoms with Crippen LogP contribution in [0.4, 0.5) is 0 Å². The van der Waals surface area contributed by atoms with Crippen LogP contribution in [0.5, 0.6) is 0 Å². The molecule has 0 bridgehead atoms. The first-order valence-corrected chi connectivity index (χ1v) is 8.17. The zero-order valence-corrected chi connectivity index (χ0v) is 14.6. The lowest BCUT2D eigenvalue weighted by Gasteiger charge is -2.07. The fourth-order valence-electron chi connectivity index (χ4n) is 2.59. The molecule has 0 aliphatic heterocycles. The van der Waals surface area contributed by atoms with Crippen molar-refractivity contribution in [2.24, 2.45) is 5.92 Å². The summed E-state index contributed by atoms with van der Waals surface area (Å²) in [4.78, 5) is 30.2. The molecule has 0 saturated heterocycles. The maximum absolute atomic E-state index is 12.2. The minimum absolute atomic E-state index is 0.159. The van der Waals surface area contributed by atoms with Gasteiger partial charge in [-0.15, -0.1) is 0 Å². The second-order valence-corrected chi connectivity index (χ2v) is 6.36.